The number of allylic oxidation sites excluding steroid dienone is 1. The van der Waals surface area contributed by atoms with E-state index in [2.05, 4.69) is 4.98 Å². The topological polar surface area (TPSA) is 116 Å². The summed E-state index contributed by atoms with van der Waals surface area (Å²) in [6.07, 6.45) is 1.66. The van der Waals surface area contributed by atoms with E-state index in [4.69, 9.17) is 0 Å². The molecule has 2 heterocycles. The fourth-order valence-corrected chi connectivity index (χ4v) is 6.48. The molecule has 4 aromatic rings. The molecule has 5 rings (SSSR count). The molecule has 8 nitrogen and oxygen atoms in total. The number of aromatic nitrogens is 1. The second-order valence-electron chi connectivity index (χ2n) is 6.91. The van der Waals surface area contributed by atoms with Crippen molar-refractivity contribution in [1.82, 2.24) is 4.98 Å². The molecule has 1 aliphatic heterocycles. The quantitative estimate of drug-likeness (QED) is 0.174. The molecule has 3 aromatic carbocycles. The number of non-ortho nitro benzene ring substituents is 1. The third kappa shape index (κ3) is 4.13. The van der Waals surface area contributed by atoms with Crippen molar-refractivity contribution in [2.45, 2.75) is 14.1 Å². The van der Waals surface area contributed by atoms with Crippen molar-refractivity contribution in [3.8, 4) is 0 Å². The van der Waals surface area contributed by atoms with Gasteiger partial charge in [0.05, 0.1) is 29.9 Å². The third-order valence-corrected chi connectivity index (χ3v) is 8.06. The average Bonchev–Trinajstić information content (AvgIpc) is 3.34. The van der Waals surface area contributed by atoms with Gasteiger partial charge in [-0.2, -0.15) is 0 Å². The van der Waals surface area contributed by atoms with Gasteiger partial charge >= 0.3 is 0 Å². The van der Waals surface area contributed by atoms with Gasteiger partial charge in [-0.1, -0.05) is 41.7 Å². The molecule has 11 heteroatoms. The summed E-state index contributed by atoms with van der Waals surface area (Å²) in [5, 5.41) is 22.7. The molecule has 0 spiro atoms. The number of nitro groups is 2. The van der Waals surface area contributed by atoms with Gasteiger partial charge in [0.15, 0.2) is 4.34 Å². The van der Waals surface area contributed by atoms with E-state index in [1.165, 1.54) is 41.3 Å². The first-order valence-corrected chi connectivity index (χ1v) is 11.9. The molecule has 0 saturated heterocycles. The van der Waals surface area contributed by atoms with Gasteiger partial charge in [0.1, 0.15) is 0 Å². The van der Waals surface area contributed by atoms with Crippen LogP contribution in [0.4, 0.5) is 11.4 Å². The molecule has 0 fully saturated rings. The predicted molar refractivity (Wildman–Crippen MR) is 128 cm³/mol. The van der Waals surface area contributed by atoms with E-state index in [1.807, 2.05) is 12.1 Å². The fourth-order valence-electron chi connectivity index (χ4n) is 3.28. The zero-order valence-electron chi connectivity index (χ0n) is 16.5. The standard InChI is InChI=1S/C22H11N3O5S3/c26-21-14-3-1-2-4-17(14)31-20(21)10-12-5-8-18(16(9-12)25(29)30)32-22-23-15-7-6-13(24(27)28)11-19(15)33-22/h1-11H/b20-10-. The van der Waals surface area contributed by atoms with Crippen molar-refractivity contribution in [1.29, 1.82) is 0 Å². The lowest BCUT2D eigenvalue weighted by atomic mass is 10.1. The maximum atomic E-state index is 12.6. The van der Waals surface area contributed by atoms with E-state index in [-0.39, 0.29) is 17.2 Å². The van der Waals surface area contributed by atoms with Gasteiger partial charge in [-0.15, -0.1) is 11.3 Å². The van der Waals surface area contributed by atoms with Crippen molar-refractivity contribution in [3.63, 3.8) is 0 Å². The van der Waals surface area contributed by atoms with Crippen LogP contribution in [0.1, 0.15) is 15.9 Å². The molecule has 0 aliphatic carbocycles. The van der Waals surface area contributed by atoms with Gasteiger partial charge in [0, 0.05) is 28.7 Å². The molecule has 0 N–H and O–H groups in total. The van der Waals surface area contributed by atoms with Gasteiger partial charge in [0.25, 0.3) is 11.4 Å². The number of carbonyl (C=O) groups is 1. The number of fused-ring (bicyclic) bond motifs is 2. The normalized spacial score (nSPS) is 14.1. The number of Topliss-reactive ketones (excluding diaryl/α,β-unsaturated/α-hetero) is 1. The summed E-state index contributed by atoms with van der Waals surface area (Å²) < 4.78 is 1.17. The lowest BCUT2D eigenvalue weighted by Crippen LogP contribution is -1.95. The number of rotatable bonds is 5. The van der Waals surface area contributed by atoms with Crippen LogP contribution < -0.4 is 0 Å². The van der Waals surface area contributed by atoms with Crippen molar-refractivity contribution >= 4 is 68.3 Å². The van der Waals surface area contributed by atoms with Crippen LogP contribution in [-0.4, -0.2) is 20.6 Å². The van der Waals surface area contributed by atoms with Crippen LogP contribution in [0.3, 0.4) is 0 Å². The molecular weight excluding hydrogens is 482 g/mol. The van der Waals surface area contributed by atoms with Crippen LogP contribution in [0.2, 0.25) is 0 Å². The number of hydrogen-bond acceptors (Lipinski definition) is 9. The number of benzene rings is 3. The SMILES string of the molecule is O=C1/C(=C/c2ccc(Sc3nc4ccc([N+](=O)[O-])cc4s3)c([N+](=O)[O-])c2)Sc2ccccc21. The Morgan fingerprint density at radius 2 is 1.79 bits per heavy atom. The molecule has 0 saturated carbocycles. The van der Waals surface area contributed by atoms with Gasteiger partial charge in [-0.05, 0) is 35.9 Å². The summed E-state index contributed by atoms with van der Waals surface area (Å²) in [6, 6.07) is 16.5. The minimum absolute atomic E-state index is 0.0347. The molecular formula is C22H11N3O5S3. The summed E-state index contributed by atoms with van der Waals surface area (Å²) in [7, 11) is 0. The van der Waals surface area contributed by atoms with E-state index in [0.717, 1.165) is 16.7 Å². The second kappa shape index (κ2) is 8.43. The number of hydrogen-bond donors (Lipinski definition) is 0. The first-order valence-electron chi connectivity index (χ1n) is 9.43. The maximum absolute atomic E-state index is 12.6. The number of nitrogens with zero attached hydrogens (tertiary/aromatic N) is 3. The molecule has 0 atom stereocenters. The molecule has 162 valence electrons. The van der Waals surface area contributed by atoms with Crippen LogP contribution in [0, 0.1) is 20.2 Å². The maximum Gasteiger partial charge on any atom is 0.283 e. The van der Waals surface area contributed by atoms with Crippen molar-refractivity contribution in [2.75, 3.05) is 0 Å². The average molecular weight is 494 g/mol. The molecule has 0 amide bonds. The van der Waals surface area contributed by atoms with E-state index >= 15 is 0 Å². The van der Waals surface area contributed by atoms with Crippen LogP contribution >= 0.6 is 34.9 Å². The van der Waals surface area contributed by atoms with Crippen molar-refractivity contribution in [2.24, 2.45) is 0 Å². The smallest absolute Gasteiger partial charge is 0.283 e. The zero-order chi connectivity index (χ0) is 23.1. The second-order valence-corrected chi connectivity index (χ2v) is 10.3. The number of ketones is 1. The molecule has 0 unspecified atom stereocenters. The van der Waals surface area contributed by atoms with E-state index in [1.54, 1.807) is 36.4 Å². The number of thioether (sulfide) groups is 1. The number of nitro benzene ring substituents is 2. The van der Waals surface area contributed by atoms with Crippen LogP contribution in [-0.2, 0) is 0 Å². The highest BCUT2D eigenvalue weighted by molar-refractivity contribution is 8.05. The Labute approximate surface area is 198 Å². The Balaban J connectivity index is 1.45. The monoisotopic (exact) mass is 493 g/mol. The van der Waals surface area contributed by atoms with Crippen molar-refractivity contribution in [3.05, 3.63) is 96.9 Å². The molecule has 0 bridgehead atoms. The number of thiazole rings is 1. The number of carbonyl (C=O) groups excluding carboxylic acids is 1. The van der Waals surface area contributed by atoms with Gasteiger partial charge in [-0.25, -0.2) is 4.98 Å². The first-order chi connectivity index (χ1) is 15.9. The Hall–Kier alpha value is -3.54. The highest BCUT2D eigenvalue weighted by atomic mass is 32.2. The zero-order valence-corrected chi connectivity index (χ0v) is 18.9. The Kier molecular flexibility index (Phi) is 5.44. The molecule has 1 aromatic heterocycles. The predicted octanol–water partition coefficient (Wildman–Crippen LogP) is 6.59. The first kappa shape index (κ1) is 21.3. The molecule has 33 heavy (non-hydrogen) atoms. The van der Waals surface area contributed by atoms with Crippen molar-refractivity contribution < 1.29 is 14.6 Å². The summed E-state index contributed by atoms with van der Waals surface area (Å²) in [6.45, 7) is 0. The highest BCUT2D eigenvalue weighted by Crippen LogP contribution is 2.42. The van der Waals surface area contributed by atoms with Gasteiger partial charge < -0.3 is 0 Å². The summed E-state index contributed by atoms with van der Waals surface area (Å²) in [4.78, 5) is 40.6. The minimum atomic E-state index is -0.476. The van der Waals surface area contributed by atoms with Gasteiger partial charge in [-0.3, -0.25) is 25.0 Å². The van der Waals surface area contributed by atoms with Crippen LogP contribution in [0.25, 0.3) is 16.3 Å². The summed E-state index contributed by atoms with van der Waals surface area (Å²) >= 11 is 3.71. The lowest BCUT2D eigenvalue weighted by Gasteiger charge is -2.03. The van der Waals surface area contributed by atoms with E-state index in [9.17, 15) is 25.0 Å². The van der Waals surface area contributed by atoms with E-state index < -0.39 is 9.85 Å². The fraction of sp³-hybridized carbons (Fsp3) is 0. The Morgan fingerprint density at radius 1 is 0.970 bits per heavy atom. The van der Waals surface area contributed by atoms with Gasteiger partial charge in [0.2, 0.25) is 5.78 Å². The largest absolute Gasteiger partial charge is 0.288 e. The van der Waals surface area contributed by atoms with Crippen LogP contribution in [0.5, 0.6) is 0 Å². The van der Waals surface area contributed by atoms with Crippen LogP contribution in [0.15, 0.2) is 79.7 Å². The summed E-state index contributed by atoms with van der Waals surface area (Å²) in [5.41, 5.74) is 1.63. The Bertz CT molecular complexity index is 1510. The minimum Gasteiger partial charge on any atom is -0.288 e. The van der Waals surface area contributed by atoms with E-state index in [0.29, 0.717) is 35.5 Å². The lowest BCUT2D eigenvalue weighted by molar-refractivity contribution is -0.387. The Morgan fingerprint density at radius 3 is 2.55 bits per heavy atom. The molecule has 1 aliphatic rings. The third-order valence-electron chi connectivity index (χ3n) is 4.81. The summed E-state index contributed by atoms with van der Waals surface area (Å²) in [5.74, 6) is -0.0970. The highest BCUT2D eigenvalue weighted by Gasteiger charge is 2.26. The molecule has 0 radical (unpaired) electrons.